The highest BCUT2D eigenvalue weighted by Gasteiger charge is 2.28. The number of benzene rings is 2. The predicted octanol–water partition coefficient (Wildman–Crippen LogP) is 2.99. The van der Waals surface area contributed by atoms with Crippen LogP contribution in [0.25, 0.3) is 0 Å². The van der Waals surface area contributed by atoms with Gasteiger partial charge in [-0.1, -0.05) is 42.5 Å². The lowest BCUT2D eigenvalue weighted by atomic mass is 10.1. The van der Waals surface area contributed by atoms with Crippen LogP contribution in [-0.2, 0) is 22.7 Å². The molecular weight excluding hydrogens is 386 g/mol. The fourth-order valence-corrected chi connectivity index (χ4v) is 3.90. The summed E-state index contributed by atoms with van der Waals surface area (Å²) in [6.45, 7) is 0.887. The molecule has 6 nitrogen and oxygen atoms in total. The van der Waals surface area contributed by atoms with Gasteiger partial charge in [-0.15, -0.1) is 11.3 Å². The van der Waals surface area contributed by atoms with E-state index in [1.54, 1.807) is 24.3 Å². The third kappa shape index (κ3) is 4.41. The summed E-state index contributed by atoms with van der Waals surface area (Å²) in [6, 6.07) is 16.9. The van der Waals surface area contributed by atoms with Crippen LogP contribution in [0.1, 0.15) is 34.3 Å². The Hall–Kier alpha value is -3.32. The lowest BCUT2D eigenvalue weighted by Crippen LogP contribution is -2.28. The summed E-state index contributed by atoms with van der Waals surface area (Å²) < 4.78 is 1.94. The summed E-state index contributed by atoms with van der Waals surface area (Å²) in [7, 11) is 0. The topological polar surface area (TPSA) is 71.7 Å². The van der Waals surface area contributed by atoms with Gasteiger partial charge in [-0.3, -0.25) is 19.3 Å². The number of rotatable bonds is 5. The second kappa shape index (κ2) is 8.36. The Labute approximate surface area is 171 Å². The molecule has 0 saturated carbocycles. The summed E-state index contributed by atoms with van der Waals surface area (Å²) in [5.74, 6) is -0.620. The van der Waals surface area contributed by atoms with Crippen molar-refractivity contribution in [1.29, 1.82) is 0 Å². The first kappa shape index (κ1) is 19.0. The molecule has 0 spiro atoms. The number of likely N-dealkylation sites (tertiary alicyclic amines) is 1. The van der Waals surface area contributed by atoms with Gasteiger partial charge in [0.1, 0.15) is 0 Å². The quantitative estimate of drug-likeness (QED) is 0.613. The monoisotopic (exact) mass is 405 g/mol. The van der Waals surface area contributed by atoms with Crippen LogP contribution in [0.2, 0.25) is 0 Å². The molecule has 1 aliphatic heterocycles. The zero-order valence-corrected chi connectivity index (χ0v) is 16.5. The van der Waals surface area contributed by atoms with Crippen molar-refractivity contribution < 1.29 is 14.4 Å². The highest BCUT2D eigenvalue weighted by Crippen LogP contribution is 2.16. The fraction of sp³-hybridized carbons (Fsp3) is 0.182. The van der Waals surface area contributed by atoms with Crippen LogP contribution < -0.4 is 4.80 Å². The first-order valence-electron chi connectivity index (χ1n) is 9.29. The molecule has 1 fully saturated rings. The number of imide groups is 1. The van der Waals surface area contributed by atoms with Gasteiger partial charge in [-0.25, -0.2) is 0 Å². The maximum absolute atomic E-state index is 12.6. The van der Waals surface area contributed by atoms with Gasteiger partial charge >= 0.3 is 0 Å². The molecule has 0 atom stereocenters. The number of carbonyl (C=O) groups is 3. The molecule has 1 aromatic heterocycles. The molecule has 1 saturated heterocycles. The average molecular weight is 405 g/mol. The number of hydrogen-bond acceptors (Lipinski definition) is 4. The van der Waals surface area contributed by atoms with Gasteiger partial charge in [0.2, 0.25) is 11.8 Å². The van der Waals surface area contributed by atoms with Crippen molar-refractivity contribution in [3.63, 3.8) is 0 Å². The Morgan fingerprint density at radius 3 is 2.24 bits per heavy atom. The van der Waals surface area contributed by atoms with E-state index in [9.17, 15) is 14.4 Å². The van der Waals surface area contributed by atoms with Gasteiger partial charge in [0.25, 0.3) is 5.91 Å². The molecule has 146 valence electrons. The normalized spacial score (nSPS) is 14.6. The Morgan fingerprint density at radius 1 is 0.897 bits per heavy atom. The summed E-state index contributed by atoms with van der Waals surface area (Å²) in [6.07, 6.45) is 2.47. The second-order valence-electron chi connectivity index (χ2n) is 6.79. The summed E-state index contributed by atoms with van der Waals surface area (Å²) in [4.78, 5) is 42.2. The first-order valence-corrected chi connectivity index (χ1v) is 10.2. The number of hydrogen-bond donors (Lipinski definition) is 0. The van der Waals surface area contributed by atoms with Gasteiger partial charge in [-0.2, -0.15) is 4.99 Å². The molecule has 0 N–H and O–H groups in total. The summed E-state index contributed by atoms with van der Waals surface area (Å²) in [5.41, 5.74) is 2.41. The van der Waals surface area contributed by atoms with Crippen LogP contribution in [0.4, 0.5) is 0 Å². The van der Waals surface area contributed by atoms with Gasteiger partial charge in [-0.05, 0) is 23.3 Å². The maximum atomic E-state index is 12.6. The predicted molar refractivity (Wildman–Crippen MR) is 109 cm³/mol. The van der Waals surface area contributed by atoms with E-state index in [0.29, 0.717) is 16.9 Å². The molecule has 0 aliphatic carbocycles. The summed E-state index contributed by atoms with van der Waals surface area (Å²) >= 11 is 1.41. The molecule has 3 aromatic rings. The number of carbonyl (C=O) groups excluding carboxylic acids is 3. The van der Waals surface area contributed by atoms with E-state index >= 15 is 0 Å². The maximum Gasteiger partial charge on any atom is 0.279 e. The second-order valence-corrected chi connectivity index (χ2v) is 7.66. The van der Waals surface area contributed by atoms with E-state index < -0.39 is 0 Å². The minimum atomic E-state index is -0.325. The number of nitrogens with zero attached hydrogens (tertiary/aromatic N) is 3. The molecule has 2 heterocycles. The van der Waals surface area contributed by atoms with Gasteiger partial charge < -0.3 is 4.57 Å². The van der Waals surface area contributed by atoms with Crippen LogP contribution in [0.5, 0.6) is 0 Å². The molecule has 4 rings (SSSR count). The minimum absolute atomic E-state index is 0.147. The van der Waals surface area contributed by atoms with Crippen molar-refractivity contribution in [2.45, 2.75) is 25.9 Å². The molecular formula is C22H19N3O3S. The molecule has 0 bridgehead atoms. The molecule has 29 heavy (non-hydrogen) atoms. The van der Waals surface area contributed by atoms with E-state index in [2.05, 4.69) is 4.99 Å². The molecule has 1 aliphatic rings. The van der Waals surface area contributed by atoms with Crippen LogP contribution in [0.3, 0.4) is 0 Å². The van der Waals surface area contributed by atoms with E-state index in [-0.39, 0.29) is 37.1 Å². The highest BCUT2D eigenvalue weighted by molar-refractivity contribution is 7.07. The van der Waals surface area contributed by atoms with Crippen molar-refractivity contribution in [2.75, 3.05) is 0 Å². The Balaban J connectivity index is 1.48. The van der Waals surface area contributed by atoms with E-state index in [4.69, 9.17) is 0 Å². The van der Waals surface area contributed by atoms with Crippen molar-refractivity contribution in [3.05, 3.63) is 87.7 Å². The third-order valence-electron chi connectivity index (χ3n) is 4.75. The van der Waals surface area contributed by atoms with Gasteiger partial charge in [0, 0.05) is 36.5 Å². The third-order valence-corrected chi connectivity index (χ3v) is 5.54. The Bertz CT molecular complexity index is 1100. The van der Waals surface area contributed by atoms with Crippen molar-refractivity contribution in [3.8, 4) is 0 Å². The lowest BCUT2D eigenvalue weighted by Gasteiger charge is -2.13. The van der Waals surface area contributed by atoms with Crippen LogP contribution >= 0.6 is 11.3 Å². The van der Waals surface area contributed by atoms with E-state index in [1.807, 2.05) is 46.5 Å². The zero-order chi connectivity index (χ0) is 20.2. The fourth-order valence-electron chi connectivity index (χ4n) is 3.17. The average Bonchev–Trinajstić information content (AvgIpc) is 3.30. The smallest absolute Gasteiger partial charge is 0.279 e. The minimum Gasteiger partial charge on any atom is -0.319 e. The van der Waals surface area contributed by atoms with E-state index in [1.165, 1.54) is 16.2 Å². The molecule has 2 aromatic carbocycles. The highest BCUT2D eigenvalue weighted by atomic mass is 32.1. The first-order chi connectivity index (χ1) is 14.1. The van der Waals surface area contributed by atoms with Gasteiger partial charge in [0.05, 0.1) is 6.54 Å². The van der Waals surface area contributed by atoms with Crippen molar-refractivity contribution in [1.82, 2.24) is 9.47 Å². The number of amides is 3. The van der Waals surface area contributed by atoms with Crippen molar-refractivity contribution in [2.24, 2.45) is 4.99 Å². The molecule has 0 radical (unpaired) electrons. The zero-order valence-electron chi connectivity index (χ0n) is 15.7. The number of aromatic nitrogens is 1. The SMILES string of the molecule is O=C(N=c1sccn1Cc1ccccc1)c1ccc(CN2C(=O)CCC2=O)cc1. The Morgan fingerprint density at radius 2 is 1.55 bits per heavy atom. The van der Waals surface area contributed by atoms with Crippen LogP contribution in [0, 0.1) is 0 Å². The van der Waals surface area contributed by atoms with Crippen LogP contribution in [0.15, 0.2) is 71.2 Å². The lowest BCUT2D eigenvalue weighted by molar-refractivity contribution is -0.139. The summed E-state index contributed by atoms with van der Waals surface area (Å²) in [5, 5.41) is 1.90. The Kier molecular flexibility index (Phi) is 5.48. The standard InChI is InChI=1S/C22H19N3O3S/c26-19-10-11-20(27)25(19)15-17-6-8-18(9-7-17)21(28)23-22-24(12-13-29-22)14-16-4-2-1-3-5-16/h1-9,12-13H,10-11,14-15H2. The van der Waals surface area contributed by atoms with Gasteiger partial charge in [0.15, 0.2) is 4.80 Å². The molecule has 3 amide bonds. The number of thiazole rings is 1. The van der Waals surface area contributed by atoms with E-state index in [0.717, 1.165) is 11.1 Å². The van der Waals surface area contributed by atoms with Crippen molar-refractivity contribution >= 4 is 29.1 Å². The molecule has 7 heteroatoms. The largest absolute Gasteiger partial charge is 0.319 e. The molecule has 0 unspecified atom stereocenters. The van der Waals surface area contributed by atoms with Crippen LogP contribution in [-0.4, -0.2) is 27.2 Å².